The maximum Gasteiger partial charge on any atom is 0.251 e. The van der Waals surface area contributed by atoms with Gasteiger partial charge in [-0.2, -0.15) is 0 Å². The molecule has 2 aliphatic heterocycles. The second-order valence-electron chi connectivity index (χ2n) is 5.84. The van der Waals surface area contributed by atoms with Gasteiger partial charge >= 0.3 is 0 Å². The number of carbonyl (C=O) groups excluding carboxylic acids is 1. The average molecular weight is 283 g/mol. The van der Waals surface area contributed by atoms with Gasteiger partial charge in [0.05, 0.1) is 6.10 Å². The number of rotatable bonds is 5. The predicted octanol–water partition coefficient (Wildman–Crippen LogP) is 0.826. The lowest BCUT2D eigenvalue weighted by molar-refractivity contribution is -0.144. The highest BCUT2D eigenvalue weighted by Crippen LogP contribution is 2.23. The zero-order chi connectivity index (χ0) is 14.5. The summed E-state index contributed by atoms with van der Waals surface area (Å²) < 4.78 is 5.72. The van der Waals surface area contributed by atoms with Gasteiger partial charge in [0.25, 0.3) is 5.91 Å². The number of hydrogen-bond acceptors (Lipinski definition) is 4. The molecular formula is C15H29N3O2. The van der Waals surface area contributed by atoms with Crippen molar-refractivity contribution in [1.82, 2.24) is 9.80 Å². The first-order chi connectivity index (χ1) is 9.69. The molecule has 2 rings (SSSR count). The van der Waals surface area contributed by atoms with Gasteiger partial charge in [-0.25, -0.2) is 0 Å². The minimum absolute atomic E-state index is 0.0807. The van der Waals surface area contributed by atoms with E-state index in [1.165, 1.54) is 0 Å². The molecule has 0 saturated carbocycles. The van der Waals surface area contributed by atoms with Gasteiger partial charge in [-0.05, 0) is 38.8 Å². The van der Waals surface area contributed by atoms with Gasteiger partial charge in [0.15, 0.2) is 0 Å². The van der Waals surface area contributed by atoms with Crippen LogP contribution < -0.4 is 5.73 Å². The van der Waals surface area contributed by atoms with E-state index < -0.39 is 0 Å². The van der Waals surface area contributed by atoms with E-state index in [9.17, 15) is 4.79 Å². The van der Waals surface area contributed by atoms with Crippen molar-refractivity contribution in [3.8, 4) is 0 Å². The minimum atomic E-state index is -0.242. The van der Waals surface area contributed by atoms with Crippen molar-refractivity contribution in [3.05, 3.63) is 0 Å². The fourth-order valence-electron chi connectivity index (χ4n) is 3.46. The van der Waals surface area contributed by atoms with Crippen molar-refractivity contribution in [3.63, 3.8) is 0 Å². The van der Waals surface area contributed by atoms with Crippen molar-refractivity contribution in [1.29, 1.82) is 0 Å². The summed E-state index contributed by atoms with van der Waals surface area (Å²) in [6, 6.07) is 0.635. The number of ether oxygens (including phenoxy) is 1. The van der Waals surface area contributed by atoms with Crippen molar-refractivity contribution < 1.29 is 9.53 Å². The highest BCUT2D eigenvalue weighted by molar-refractivity contribution is 5.81. The molecular weight excluding hydrogens is 254 g/mol. The number of piperidine rings is 1. The number of amides is 1. The van der Waals surface area contributed by atoms with E-state index in [0.29, 0.717) is 12.6 Å². The summed E-state index contributed by atoms with van der Waals surface area (Å²) in [5, 5.41) is 0. The van der Waals surface area contributed by atoms with Crippen LogP contribution in [0.25, 0.3) is 0 Å². The number of carbonyl (C=O) groups is 1. The zero-order valence-corrected chi connectivity index (χ0v) is 12.9. The Hall–Kier alpha value is -0.650. The first kappa shape index (κ1) is 15.7. The summed E-state index contributed by atoms with van der Waals surface area (Å²) in [4.78, 5) is 16.9. The first-order valence-corrected chi connectivity index (χ1v) is 8.07. The number of nitrogens with zero attached hydrogens (tertiary/aromatic N) is 2. The molecule has 5 heteroatoms. The molecule has 2 saturated heterocycles. The van der Waals surface area contributed by atoms with Crippen molar-refractivity contribution in [2.75, 3.05) is 32.7 Å². The van der Waals surface area contributed by atoms with Crippen molar-refractivity contribution >= 4 is 5.91 Å². The zero-order valence-electron chi connectivity index (χ0n) is 12.9. The van der Waals surface area contributed by atoms with Crippen LogP contribution in [-0.4, -0.2) is 66.7 Å². The predicted molar refractivity (Wildman–Crippen MR) is 79.5 cm³/mol. The number of hydrogen-bond donors (Lipinski definition) is 1. The molecule has 2 N–H and O–H groups in total. The molecule has 0 aromatic carbocycles. The standard InChI is InChI=1S/C15H29N3O2/c1-3-17(4-2)12-7-9-18(10-8-12)15(19)14-6-5-13(11-16)20-14/h12-14H,3-11,16H2,1-2H3. The van der Waals surface area contributed by atoms with Crippen LogP contribution in [-0.2, 0) is 9.53 Å². The molecule has 0 bridgehead atoms. The van der Waals surface area contributed by atoms with Crippen LogP contribution in [0.2, 0.25) is 0 Å². The van der Waals surface area contributed by atoms with E-state index in [1.54, 1.807) is 0 Å². The minimum Gasteiger partial charge on any atom is -0.364 e. The second kappa shape index (κ2) is 7.38. The normalized spacial score (nSPS) is 28.3. The molecule has 20 heavy (non-hydrogen) atoms. The van der Waals surface area contributed by atoms with Gasteiger partial charge in [-0.3, -0.25) is 4.79 Å². The number of likely N-dealkylation sites (tertiary alicyclic amines) is 1. The van der Waals surface area contributed by atoms with Crippen LogP contribution in [0.1, 0.15) is 39.5 Å². The van der Waals surface area contributed by atoms with E-state index in [2.05, 4.69) is 18.7 Å². The van der Waals surface area contributed by atoms with Crippen LogP contribution in [0.4, 0.5) is 0 Å². The highest BCUT2D eigenvalue weighted by Gasteiger charge is 2.34. The van der Waals surface area contributed by atoms with Gasteiger partial charge in [-0.15, -0.1) is 0 Å². The maximum atomic E-state index is 12.4. The van der Waals surface area contributed by atoms with Crippen LogP contribution in [0.5, 0.6) is 0 Å². The summed E-state index contributed by atoms with van der Waals surface area (Å²) in [6.45, 7) is 8.87. The maximum absolute atomic E-state index is 12.4. The van der Waals surface area contributed by atoms with E-state index >= 15 is 0 Å². The Kier molecular flexibility index (Phi) is 5.81. The monoisotopic (exact) mass is 283 g/mol. The third-order valence-electron chi connectivity index (χ3n) is 4.75. The quantitative estimate of drug-likeness (QED) is 0.812. The molecule has 0 aromatic rings. The Balaban J connectivity index is 1.80. The largest absolute Gasteiger partial charge is 0.364 e. The fourth-order valence-corrected chi connectivity index (χ4v) is 3.46. The van der Waals surface area contributed by atoms with Crippen LogP contribution >= 0.6 is 0 Å². The molecule has 116 valence electrons. The summed E-state index contributed by atoms with van der Waals surface area (Å²) in [7, 11) is 0. The molecule has 2 aliphatic rings. The molecule has 1 amide bonds. The van der Waals surface area contributed by atoms with Gasteiger partial charge in [-0.1, -0.05) is 13.8 Å². The molecule has 2 heterocycles. The Morgan fingerprint density at radius 1 is 1.20 bits per heavy atom. The Labute approximate surface area is 122 Å². The molecule has 5 nitrogen and oxygen atoms in total. The molecule has 2 fully saturated rings. The molecule has 0 radical (unpaired) electrons. The highest BCUT2D eigenvalue weighted by atomic mass is 16.5. The molecule has 2 atom stereocenters. The van der Waals surface area contributed by atoms with Gasteiger partial charge in [0, 0.05) is 25.7 Å². The van der Waals surface area contributed by atoms with E-state index in [-0.39, 0.29) is 18.1 Å². The van der Waals surface area contributed by atoms with Crippen LogP contribution in [0.3, 0.4) is 0 Å². The van der Waals surface area contributed by atoms with Crippen LogP contribution in [0, 0.1) is 0 Å². The third kappa shape index (κ3) is 3.51. The SMILES string of the molecule is CCN(CC)C1CCN(C(=O)C2CCC(CN)O2)CC1. The molecule has 0 spiro atoms. The topological polar surface area (TPSA) is 58.8 Å². The van der Waals surface area contributed by atoms with E-state index in [0.717, 1.165) is 51.9 Å². The summed E-state index contributed by atoms with van der Waals surface area (Å²) in [5.74, 6) is 0.180. The fraction of sp³-hybridized carbons (Fsp3) is 0.933. The van der Waals surface area contributed by atoms with Crippen molar-refractivity contribution in [2.45, 2.75) is 57.8 Å². The first-order valence-electron chi connectivity index (χ1n) is 8.07. The third-order valence-corrected chi connectivity index (χ3v) is 4.75. The van der Waals surface area contributed by atoms with Crippen LogP contribution in [0.15, 0.2) is 0 Å². The lowest BCUT2D eigenvalue weighted by Crippen LogP contribution is -2.49. The summed E-state index contributed by atoms with van der Waals surface area (Å²) >= 11 is 0. The molecule has 2 unspecified atom stereocenters. The summed E-state index contributed by atoms with van der Waals surface area (Å²) in [6.07, 6.45) is 3.76. The van der Waals surface area contributed by atoms with Crippen molar-refractivity contribution in [2.24, 2.45) is 5.73 Å². The average Bonchev–Trinajstić information content (AvgIpc) is 2.97. The Bertz CT molecular complexity index is 312. The molecule has 0 aromatic heterocycles. The number of nitrogens with two attached hydrogens (primary N) is 1. The van der Waals surface area contributed by atoms with Gasteiger partial charge < -0.3 is 20.3 Å². The smallest absolute Gasteiger partial charge is 0.251 e. The van der Waals surface area contributed by atoms with E-state index in [1.807, 2.05) is 4.90 Å². The lowest BCUT2D eigenvalue weighted by atomic mass is 10.0. The van der Waals surface area contributed by atoms with Gasteiger partial charge in [0.2, 0.25) is 0 Å². The second-order valence-corrected chi connectivity index (χ2v) is 5.84. The molecule has 0 aliphatic carbocycles. The van der Waals surface area contributed by atoms with Gasteiger partial charge in [0.1, 0.15) is 6.10 Å². The summed E-state index contributed by atoms with van der Waals surface area (Å²) in [5.41, 5.74) is 5.60. The lowest BCUT2D eigenvalue weighted by Gasteiger charge is -2.38. The Morgan fingerprint density at radius 3 is 2.35 bits per heavy atom. The van der Waals surface area contributed by atoms with E-state index in [4.69, 9.17) is 10.5 Å². The Morgan fingerprint density at radius 2 is 1.85 bits per heavy atom.